The lowest BCUT2D eigenvalue weighted by Gasteiger charge is -2.32. The second-order valence-electron chi connectivity index (χ2n) is 6.91. The van der Waals surface area contributed by atoms with Crippen molar-refractivity contribution < 1.29 is 4.79 Å². The molecule has 1 aliphatic heterocycles. The lowest BCUT2D eigenvalue weighted by molar-refractivity contribution is 0.0659. The van der Waals surface area contributed by atoms with E-state index >= 15 is 0 Å². The fraction of sp³-hybridized carbons (Fsp3) is 0.450. The summed E-state index contributed by atoms with van der Waals surface area (Å²) in [5.74, 6) is 0.445. The molecule has 5 nitrogen and oxygen atoms in total. The summed E-state index contributed by atoms with van der Waals surface area (Å²) in [6.07, 6.45) is 4.33. The van der Waals surface area contributed by atoms with Crippen molar-refractivity contribution in [3.63, 3.8) is 0 Å². The lowest BCUT2D eigenvalue weighted by atomic mass is 9.90. The number of carbonyl (C=O) groups excluding carboxylic acids is 1. The van der Waals surface area contributed by atoms with E-state index in [0.29, 0.717) is 11.6 Å². The molecule has 1 aromatic heterocycles. The molecule has 1 atom stereocenters. The van der Waals surface area contributed by atoms with Crippen molar-refractivity contribution in [1.29, 1.82) is 0 Å². The van der Waals surface area contributed by atoms with Crippen molar-refractivity contribution in [3.8, 4) is 0 Å². The molecule has 0 radical (unpaired) electrons. The van der Waals surface area contributed by atoms with Crippen LogP contribution >= 0.6 is 0 Å². The van der Waals surface area contributed by atoms with E-state index in [1.54, 1.807) is 7.05 Å². The van der Waals surface area contributed by atoms with E-state index in [-0.39, 0.29) is 11.5 Å². The van der Waals surface area contributed by atoms with Gasteiger partial charge in [0.05, 0.1) is 0 Å². The number of amides is 1. The average molecular weight is 339 g/mol. The van der Waals surface area contributed by atoms with Crippen molar-refractivity contribution in [2.45, 2.75) is 32.6 Å². The van der Waals surface area contributed by atoms with Gasteiger partial charge in [-0.15, -0.1) is 0 Å². The first-order valence-electron chi connectivity index (χ1n) is 8.93. The Morgan fingerprint density at radius 3 is 2.80 bits per heavy atom. The number of likely N-dealkylation sites (tertiary alicyclic amines) is 1. The van der Waals surface area contributed by atoms with Gasteiger partial charge in [-0.2, -0.15) is 5.10 Å². The molecule has 0 saturated carbocycles. The summed E-state index contributed by atoms with van der Waals surface area (Å²) in [5, 5.41) is 4.09. The molecule has 0 aliphatic carbocycles. The molecule has 5 heteroatoms. The Bertz CT molecular complexity index is 813. The minimum Gasteiger partial charge on any atom is -0.337 e. The SMILES string of the molecule is Cc1ccccc1CC[C@H]1CCCN(C(=O)c2ccc(=O)n(C)n2)C1. The van der Waals surface area contributed by atoms with Crippen molar-refractivity contribution in [2.24, 2.45) is 13.0 Å². The van der Waals surface area contributed by atoms with Crippen LogP contribution in [0.25, 0.3) is 0 Å². The number of aromatic nitrogens is 2. The maximum atomic E-state index is 12.7. The van der Waals surface area contributed by atoms with Gasteiger partial charge in [0.2, 0.25) is 0 Å². The van der Waals surface area contributed by atoms with Gasteiger partial charge in [0.1, 0.15) is 5.69 Å². The van der Waals surface area contributed by atoms with Crippen LogP contribution in [0.1, 0.15) is 40.9 Å². The highest BCUT2D eigenvalue weighted by Gasteiger charge is 2.25. The van der Waals surface area contributed by atoms with E-state index in [2.05, 4.69) is 36.3 Å². The summed E-state index contributed by atoms with van der Waals surface area (Å²) in [6.45, 7) is 3.69. The molecule has 0 unspecified atom stereocenters. The third-order valence-corrected chi connectivity index (χ3v) is 5.07. The average Bonchev–Trinajstić information content (AvgIpc) is 2.63. The van der Waals surface area contributed by atoms with Crippen LogP contribution < -0.4 is 5.56 Å². The molecule has 1 aliphatic rings. The monoisotopic (exact) mass is 339 g/mol. The van der Waals surface area contributed by atoms with Crippen LogP contribution in [0.2, 0.25) is 0 Å². The fourth-order valence-electron chi connectivity index (χ4n) is 3.51. The van der Waals surface area contributed by atoms with Crippen molar-refractivity contribution in [1.82, 2.24) is 14.7 Å². The molecule has 1 aromatic carbocycles. The largest absolute Gasteiger partial charge is 0.337 e. The Kier molecular flexibility index (Phi) is 5.31. The van der Waals surface area contributed by atoms with Crippen LogP contribution in [-0.4, -0.2) is 33.7 Å². The van der Waals surface area contributed by atoms with Crippen LogP contribution in [0, 0.1) is 12.8 Å². The summed E-state index contributed by atoms with van der Waals surface area (Å²) in [5.41, 5.74) is 2.87. The van der Waals surface area contributed by atoms with Crippen molar-refractivity contribution in [2.75, 3.05) is 13.1 Å². The van der Waals surface area contributed by atoms with Crippen LogP contribution in [0.5, 0.6) is 0 Å². The van der Waals surface area contributed by atoms with Gasteiger partial charge in [-0.25, -0.2) is 4.68 Å². The first-order chi connectivity index (χ1) is 12.0. The van der Waals surface area contributed by atoms with Crippen LogP contribution in [0.4, 0.5) is 0 Å². The van der Waals surface area contributed by atoms with E-state index in [4.69, 9.17) is 0 Å². The third kappa shape index (κ3) is 4.16. The number of rotatable bonds is 4. The van der Waals surface area contributed by atoms with Gasteiger partial charge in [0, 0.05) is 26.2 Å². The Balaban J connectivity index is 1.62. The molecule has 1 amide bonds. The number of benzene rings is 1. The highest BCUT2D eigenvalue weighted by atomic mass is 16.2. The first-order valence-corrected chi connectivity index (χ1v) is 8.93. The van der Waals surface area contributed by atoms with E-state index < -0.39 is 0 Å². The van der Waals surface area contributed by atoms with Gasteiger partial charge in [-0.1, -0.05) is 24.3 Å². The fourth-order valence-corrected chi connectivity index (χ4v) is 3.51. The molecule has 3 rings (SSSR count). The van der Waals surface area contributed by atoms with Gasteiger partial charge in [0.25, 0.3) is 11.5 Å². The van der Waals surface area contributed by atoms with E-state index in [9.17, 15) is 9.59 Å². The molecule has 2 aromatic rings. The number of piperidine rings is 1. The Hall–Kier alpha value is -2.43. The molecule has 2 heterocycles. The zero-order chi connectivity index (χ0) is 17.8. The summed E-state index contributed by atoms with van der Waals surface area (Å²) in [4.78, 5) is 26.0. The molecule has 25 heavy (non-hydrogen) atoms. The number of nitrogens with zero attached hydrogens (tertiary/aromatic N) is 3. The highest BCUT2D eigenvalue weighted by molar-refractivity contribution is 5.92. The van der Waals surface area contributed by atoms with Gasteiger partial charge in [-0.3, -0.25) is 9.59 Å². The predicted octanol–water partition coefficient (Wildman–Crippen LogP) is 2.57. The highest BCUT2D eigenvalue weighted by Crippen LogP contribution is 2.23. The molecule has 132 valence electrons. The van der Waals surface area contributed by atoms with E-state index in [0.717, 1.165) is 38.8 Å². The second-order valence-corrected chi connectivity index (χ2v) is 6.91. The molecule has 0 spiro atoms. The number of hydrogen-bond acceptors (Lipinski definition) is 3. The summed E-state index contributed by atoms with van der Waals surface area (Å²) >= 11 is 0. The van der Waals surface area contributed by atoms with Gasteiger partial charge < -0.3 is 4.90 Å². The normalized spacial score (nSPS) is 17.5. The summed E-state index contributed by atoms with van der Waals surface area (Å²) < 4.78 is 1.22. The Morgan fingerprint density at radius 2 is 2.04 bits per heavy atom. The van der Waals surface area contributed by atoms with Crippen LogP contribution in [0.3, 0.4) is 0 Å². The van der Waals surface area contributed by atoms with Crippen LogP contribution in [-0.2, 0) is 13.5 Å². The summed E-state index contributed by atoms with van der Waals surface area (Å²) in [6, 6.07) is 11.4. The standard InChI is InChI=1S/C20H25N3O2/c1-15-6-3-4-8-17(15)10-9-16-7-5-13-23(14-16)20(25)18-11-12-19(24)22(2)21-18/h3-4,6,8,11-12,16H,5,7,9-10,13-14H2,1-2H3/t16-/m1/s1. The zero-order valence-electron chi connectivity index (χ0n) is 14.9. The van der Waals surface area contributed by atoms with Gasteiger partial charge in [0.15, 0.2) is 0 Å². The number of carbonyl (C=O) groups is 1. The van der Waals surface area contributed by atoms with Gasteiger partial charge in [-0.05, 0) is 55.7 Å². The maximum absolute atomic E-state index is 12.7. The maximum Gasteiger partial charge on any atom is 0.274 e. The minimum atomic E-state index is -0.202. The molecule has 0 N–H and O–H groups in total. The molecule has 1 saturated heterocycles. The quantitative estimate of drug-likeness (QED) is 0.860. The topological polar surface area (TPSA) is 55.2 Å². The van der Waals surface area contributed by atoms with Crippen LogP contribution in [0.15, 0.2) is 41.2 Å². The Morgan fingerprint density at radius 1 is 1.24 bits per heavy atom. The minimum absolute atomic E-state index is 0.0730. The Labute approximate surface area is 148 Å². The smallest absolute Gasteiger partial charge is 0.274 e. The molecular weight excluding hydrogens is 314 g/mol. The number of hydrogen-bond donors (Lipinski definition) is 0. The lowest BCUT2D eigenvalue weighted by Crippen LogP contribution is -2.41. The van der Waals surface area contributed by atoms with Gasteiger partial charge >= 0.3 is 0 Å². The van der Waals surface area contributed by atoms with E-state index in [1.807, 2.05) is 4.90 Å². The van der Waals surface area contributed by atoms with E-state index in [1.165, 1.54) is 27.9 Å². The predicted molar refractivity (Wildman–Crippen MR) is 97.6 cm³/mol. The molecule has 1 fully saturated rings. The summed E-state index contributed by atoms with van der Waals surface area (Å²) in [7, 11) is 1.57. The second kappa shape index (κ2) is 7.64. The van der Waals surface area contributed by atoms with Crippen molar-refractivity contribution >= 4 is 5.91 Å². The zero-order valence-corrected chi connectivity index (χ0v) is 14.9. The molecular formula is C20H25N3O2. The first kappa shape index (κ1) is 17.4. The molecule has 0 bridgehead atoms. The third-order valence-electron chi connectivity index (χ3n) is 5.07. The van der Waals surface area contributed by atoms with Crippen molar-refractivity contribution in [3.05, 3.63) is 63.6 Å². The number of aryl methyl sites for hydroxylation is 3.